The number of hydrogen-bond donors (Lipinski definition) is 1. The van der Waals surface area contributed by atoms with E-state index in [1.54, 1.807) is 6.92 Å². The number of ether oxygens (including phenoxy) is 1. The summed E-state index contributed by atoms with van der Waals surface area (Å²) in [6.07, 6.45) is 0.650. The molecule has 1 rings (SSSR count). The van der Waals surface area contributed by atoms with Gasteiger partial charge in [0, 0.05) is 6.04 Å². The fourth-order valence-electron chi connectivity index (χ4n) is 1.27. The van der Waals surface area contributed by atoms with Crippen LogP contribution in [0.4, 0.5) is 4.39 Å². The highest BCUT2D eigenvalue weighted by molar-refractivity contribution is 7.89. The second-order valence-electron chi connectivity index (χ2n) is 3.73. The minimum Gasteiger partial charge on any atom is -0.495 e. The fourth-order valence-corrected chi connectivity index (χ4v) is 2.78. The molecule has 1 aromatic carbocycles. The minimum absolute atomic E-state index is 0.127. The highest BCUT2D eigenvalue weighted by Crippen LogP contribution is 2.24. The van der Waals surface area contributed by atoms with Gasteiger partial charge in [-0.3, -0.25) is 0 Å². The predicted molar refractivity (Wildman–Crippen MR) is 63.0 cm³/mol. The summed E-state index contributed by atoms with van der Waals surface area (Å²) in [5.41, 5.74) is 0. The molecule has 17 heavy (non-hydrogen) atoms. The van der Waals surface area contributed by atoms with Gasteiger partial charge in [-0.05, 0) is 31.5 Å². The van der Waals surface area contributed by atoms with Crippen molar-refractivity contribution in [3.05, 3.63) is 24.0 Å². The molecule has 0 saturated carbocycles. The molecule has 1 atom stereocenters. The molecule has 0 spiro atoms. The lowest BCUT2D eigenvalue weighted by Gasteiger charge is -2.14. The zero-order valence-electron chi connectivity index (χ0n) is 10.0. The molecule has 0 fully saturated rings. The average molecular weight is 261 g/mol. The van der Waals surface area contributed by atoms with Crippen LogP contribution >= 0.6 is 0 Å². The van der Waals surface area contributed by atoms with Crippen molar-refractivity contribution >= 4 is 10.0 Å². The zero-order chi connectivity index (χ0) is 13.1. The van der Waals surface area contributed by atoms with Crippen LogP contribution in [0.5, 0.6) is 5.75 Å². The van der Waals surface area contributed by atoms with E-state index < -0.39 is 15.8 Å². The van der Waals surface area contributed by atoms with E-state index in [0.717, 1.165) is 12.1 Å². The van der Waals surface area contributed by atoms with Gasteiger partial charge in [0.2, 0.25) is 10.0 Å². The van der Waals surface area contributed by atoms with Crippen LogP contribution in [-0.2, 0) is 10.0 Å². The summed E-state index contributed by atoms with van der Waals surface area (Å²) in [5.74, 6) is -0.488. The number of benzene rings is 1. The maximum Gasteiger partial charge on any atom is 0.244 e. The van der Waals surface area contributed by atoms with E-state index in [1.807, 2.05) is 6.92 Å². The Bertz CT molecular complexity index is 487. The molecule has 6 heteroatoms. The molecule has 0 amide bonds. The van der Waals surface area contributed by atoms with Gasteiger partial charge in [-0.15, -0.1) is 0 Å². The second kappa shape index (κ2) is 5.46. The normalized spacial score (nSPS) is 13.4. The third-order valence-corrected chi connectivity index (χ3v) is 3.99. The third kappa shape index (κ3) is 3.41. The quantitative estimate of drug-likeness (QED) is 0.881. The first-order valence-corrected chi connectivity index (χ1v) is 6.75. The molecule has 0 aliphatic rings. The van der Waals surface area contributed by atoms with Gasteiger partial charge in [0.15, 0.2) is 0 Å². The Labute approximate surface area is 101 Å². The number of methoxy groups -OCH3 is 1. The molecule has 0 aliphatic carbocycles. The number of hydrogen-bond acceptors (Lipinski definition) is 3. The van der Waals surface area contributed by atoms with Crippen molar-refractivity contribution in [1.29, 1.82) is 0 Å². The molecule has 1 aromatic rings. The summed E-state index contributed by atoms with van der Waals surface area (Å²) >= 11 is 0. The smallest absolute Gasteiger partial charge is 0.244 e. The second-order valence-corrected chi connectivity index (χ2v) is 5.41. The number of halogens is 1. The van der Waals surface area contributed by atoms with Gasteiger partial charge in [-0.2, -0.15) is 0 Å². The topological polar surface area (TPSA) is 55.4 Å². The molecule has 1 N–H and O–H groups in total. The highest BCUT2D eigenvalue weighted by Gasteiger charge is 2.21. The van der Waals surface area contributed by atoms with E-state index in [-0.39, 0.29) is 16.7 Å². The van der Waals surface area contributed by atoms with E-state index >= 15 is 0 Å². The van der Waals surface area contributed by atoms with E-state index in [2.05, 4.69) is 4.72 Å². The molecule has 0 saturated heterocycles. The maximum absolute atomic E-state index is 13.1. The van der Waals surface area contributed by atoms with Crippen LogP contribution in [0.2, 0.25) is 0 Å². The Morgan fingerprint density at radius 2 is 2.12 bits per heavy atom. The summed E-state index contributed by atoms with van der Waals surface area (Å²) in [6.45, 7) is 3.60. The lowest BCUT2D eigenvalue weighted by Crippen LogP contribution is -2.32. The summed E-state index contributed by atoms with van der Waals surface area (Å²) in [6, 6.07) is 3.18. The first-order valence-electron chi connectivity index (χ1n) is 5.26. The van der Waals surface area contributed by atoms with E-state index in [1.165, 1.54) is 13.2 Å². The van der Waals surface area contributed by atoms with Gasteiger partial charge in [0.1, 0.15) is 16.5 Å². The highest BCUT2D eigenvalue weighted by atomic mass is 32.2. The van der Waals surface area contributed by atoms with Crippen molar-refractivity contribution in [1.82, 2.24) is 4.72 Å². The summed E-state index contributed by atoms with van der Waals surface area (Å²) in [4.78, 5) is -0.180. The summed E-state index contributed by atoms with van der Waals surface area (Å²) in [5, 5.41) is 0. The number of nitrogens with one attached hydrogen (secondary N) is 1. The minimum atomic E-state index is -3.75. The Morgan fingerprint density at radius 3 is 2.65 bits per heavy atom. The van der Waals surface area contributed by atoms with E-state index in [9.17, 15) is 12.8 Å². The molecule has 4 nitrogen and oxygen atoms in total. The lowest BCUT2D eigenvalue weighted by molar-refractivity contribution is 0.400. The van der Waals surface area contributed by atoms with E-state index in [4.69, 9.17) is 4.74 Å². The Balaban J connectivity index is 3.18. The third-order valence-electron chi connectivity index (χ3n) is 2.38. The Hall–Kier alpha value is -1.14. The van der Waals surface area contributed by atoms with Gasteiger partial charge < -0.3 is 4.74 Å². The Kier molecular flexibility index (Phi) is 4.47. The summed E-state index contributed by atoms with van der Waals surface area (Å²) in [7, 11) is -2.41. The van der Waals surface area contributed by atoms with Crippen molar-refractivity contribution < 1.29 is 17.5 Å². The molecule has 0 aromatic heterocycles. The van der Waals surface area contributed by atoms with Gasteiger partial charge in [0.25, 0.3) is 0 Å². The van der Waals surface area contributed by atoms with Crippen LogP contribution < -0.4 is 9.46 Å². The molecular formula is C11H16FNO3S. The van der Waals surface area contributed by atoms with Crippen molar-refractivity contribution in [2.45, 2.75) is 31.2 Å². The van der Waals surface area contributed by atoms with Gasteiger partial charge >= 0.3 is 0 Å². The number of rotatable bonds is 5. The molecule has 96 valence electrons. The van der Waals surface area contributed by atoms with Crippen LogP contribution in [0.1, 0.15) is 20.3 Å². The van der Waals surface area contributed by atoms with Crippen molar-refractivity contribution in [2.24, 2.45) is 0 Å². The van der Waals surface area contributed by atoms with Crippen LogP contribution in [0.25, 0.3) is 0 Å². The van der Waals surface area contributed by atoms with Crippen molar-refractivity contribution in [2.75, 3.05) is 7.11 Å². The number of sulfonamides is 1. The van der Waals surface area contributed by atoms with Gasteiger partial charge in [-0.25, -0.2) is 17.5 Å². The first kappa shape index (κ1) is 13.9. The molecule has 0 heterocycles. The molecule has 0 bridgehead atoms. The van der Waals surface area contributed by atoms with Crippen molar-refractivity contribution in [3.8, 4) is 5.75 Å². The SMILES string of the molecule is CC[C@H](C)NS(=O)(=O)c1cc(F)ccc1OC. The molecular weight excluding hydrogens is 245 g/mol. The lowest BCUT2D eigenvalue weighted by atomic mass is 10.3. The molecule has 0 radical (unpaired) electrons. The van der Waals surface area contributed by atoms with Gasteiger partial charge in [-0.1, -0.05) is 6.92 Å². The average Bonchev–Trinajstić information content (AvgIpc) is 2.28. The predicted octanol–water partition coefficient (Wildman–Crippen LogP) is 1.91. The van der Waals surface area contributed by atoms with Crippen LogP contribution in [0.3, 0.4) is 0 Å². The zero-order valence-corrected chi connectivity index (χ0v) is 10.8. The van der Waals surface area contributed by atoms with Crippen LogP contribution in [0, 0.1) is 5.82 Å². The largest absolute Gasteiger partial charge is 0.495 e. The van der Waals surface area contributed by atoms with Crippen molar-refractivity contribution in [3.63, 3.8) is 0 Å². The Morgan fingerprint density at radius 1 is 1.47 bits per heavy atom. The van der Waals surface area contributed by atoms with E-state index in [0.29, 0.717) is 6.42 Å². The maximum atomic E-state index is 13.1. The first-order chi connectivity index (χ1) is 7.90. The summed E-state index contributed by atoms with van der Waals surface area (Å²) < 4.78 is 44.4. The standard InChI is InChI=1S/C11H16FNO3S/c1-4-8(2)13-17(14,15)11-7-9(12)5-6-10(11)16-3/h5-8,13H,4H2,1-3H3/t8-/m0/s1. The fraction of sp³-hybridized carbons (Fsp3) is 0.455. The van der Waals surface area contributed by atoms with Crippen LogP contribution in [0.15, 0.2) is 23.1 Å². The monoisotopic (exact) mass is 261 g/mol. The van der Waals surface area contributed by atoms with Crippen LogP contribution in [-0.4, -0.2) is 21.6 Å². The molecule has 0 unspecified atom stereocenters. The molecule has 0 aliphatic heterocycles. The van der Waals surface area contributed by atoms with Gasteiger partial charge in [0.05, 0.1) is 7.11 Å².